The first kappa shape index (κ1) is 15.5. The van der Waals surface area contributed by atoms with E-state index in [1.807, 2.05) is 12.1 Å². The summed E-state index contributed by atoms with van der Waals surface area (Å²) in [5.41, 5.74) is 2.23. The third-order valence-electron chi connectivity index (χ3n) is 3.96. The zero-order valence-electron chi connectivity index (χ0n) is 12.5. The molecule has 1 atom stereocenters. The number of hydrogen-bond donors (Lipinski definition) is 1. The Kier molecular flexibility index (Phi) is 6.02. The molecule has 1 aromatic rings. The number of hydrogen-bond acceptors (Lipinski definition) is 3. The molecular weight excluding hydrogens is 252 g/mol. The van der Waals surface area contributed by atoms with Crippen molar-refractivity contribution < 1.29 is 14.6 Å². The van der Waals surface area contributed by atoms with E-state index in [4.69, 9.17) is 9.47 Å². The summed E-state index contributed by atoms with van der Waals surface area (Å²) in [6.45, 7) is 7.12. The molecule has 0 radical (unpaired) electrons. The third kappa shape index (κ3) is 4.58. The van der Waals surface area contributed by atoms with Crippen molar-refractivity contribution in [1.29, 1.82) is 0 Å². The summed E-state index contributed by atoms with van der Waals surface area (Å²) in [5.74, 6) is 1.10. The van der Waals surface area contributed by atoms with E-state index in [0.717, 1.165) is 38.2 Å². The van der Waals surface area contributed by atoms with Gasteiger partial charge in [0.05, 0.1) is 6.61 Å². The van der Waals surface area contributed by atoms with Gasteiger partial charge in [-0.15, -0.1) is 0 Å². The smallest absolute Gasteiger partial charge is 0.102 e. The Balaban J connectivity index is 1.74. The Morgan fingerprint density at radius 1 is 1.15 bits per heavy atom. The summed E-state index contributed by atoms with van der Waals surface area (Å²) in [6, 6.07) is 8.17. The monoisotopic (exact) mass is 278 g/mol. The minimum absolute atomic E-state index is 0.373. The molecule has 1 aliphatic heterocycles. The SMILES string of the molecule is CC(C)c1ccc(C(O)COCC2CCOCC2)cc1. The largest absolute Gasteiger partial charge is 0.386 e. The van der Waals surface area contributed by atoms with Gasteiger partial charge in [0.15, 0.2) is 0 Å². The summed E-state index contributed by atoms with van der Waals surface area (Å²) in [5, 5.41) is 10.1. The molecule has 1 aliphatic rings. The standard InChI is InChI=1S/C17H26O3/c1-13(2)15-3-5-16(6-4-15)17(18)12-20-11-14-7-9-19-10-8-14/h3-6,13-14,17-18H,7-12H2,1-2H3. The second-order valence-electron chi connectivity index (χ2n) is 5.93. The molecule has 1 fully saturated rings. The lowest BCUT2D eigenvalue weighted by Gasteiger charge is -2.22. The van der Waals surface area contributed by atoms with Crippen LogP contribution in [0, 0.1) is 5.92 Å². The Morgan fingerprint density at radius 2 is 1.75 bits per heavy atom. The van der Waals surface area contributed by atoms with Crippen LogP contribution in [0.15, 0.2) is 24.3 Å². The van der Waals surface area contributed by atoms with Crippen LogP contribution in [0.25, 0.3) is 0 Å². The van der Waals surface area contributed by atoms with Gasteiger partial charge in [-0.1, -0.05) is 38.1 Å². The second kappa shape index (κ2) is 7.77. The van der Waals surface area contributed by atoms with E-state index in [0.29, 0.717) is 18.4 Å². The average Bonchev–Trinajstić information content (AvgIpc) is 2.48. The molecule has 20 heavy (non-hydrogen) atoms. The highest BCUT2D eigenvalue weighted by Gasteiger charge is 2.15. The molecule has 1 heterocycles. The predicted molar refractivity (Wildman–Crippen MR) is 79.9 cm³/mol. The van der Waals surface area contributed by atoms with E-state index in [1.165, 1.54) is 5.56 Å². The lowest BCUT2D eigenvalue weighted by atomic mass is 10.00. The van der Waals surface area contributed by atoms with Crippen LogP contribution in [0.2, 0.25) is 0 Å². The predicted octanol–water partition coefficient (Wildman–Crippen LogP) is 3.29. The molecule has 0 aromatic heterocycles. The van der Waals surface area contributed by atoms with Crippen LogP contribution >= 0.6 is 0 Å². The molecule has 3 heteroatoms. The minimum Gasteiger partial charge on any atom is -0.386 e. The van der Waals surface area contributed by atoms with Crippen molar-refractivity contribution >= 4 is 0 Å². The van der Waals surface area contributed by atoms with Crippen LogP contribution in [0.3, 0.4) is 0 Å². The van der Waals surface area contributed by atoms with E-state index in [2.05, 4.69) is 26.0 Å². The molecule has 0 bridgehead atoms. The second-order valence-corrected chi connectivity index (χ2v) is 5.93. The van der Waals surface area contributed by atoms with Gasteiger partial charge in [0.2, 0.25) is 0 Å². The zero-order valence-corrected chi connectivity index (χ0v) is 12.5. The first-order chi connectivity index (χ1) is 9.66. The molecule has 2 rings (SSSR count). The van der Waals surface area contributed by atoms with Gasteiger partial charge in [0.25, 0.3) is 0 Å². The summed E-state index contributed by atoms with van der Waals surface area (Å²) in [4.78, 5) is 0. The minimum atomic E-state index is -0.531. The molecule has 0 spiro atoms. The van der Waals surface area contributed by atoms with Crippen LogP contribution in [0.1, 0.15) is 49.8 Å². The maximum atomic E-state index is 10.1. The highest BCUT2D eigenvalue weighted by molar-refractivity contribution is 5.26. The summed E-state index contributed by atoms with van der Waals surface area (Å²) in [7, 11) is 0. The molecule has 1 N–H and O–H groups in total. The quantitative estimate of drug-likeness (QED) is 0.868. The molecule has 1 unspecified atom stereocenters. The molecule has 1 saturated heterocycles. The average molecular weight is 278 g/mol. The van der Waals surface area contributed by atoms with Gasteiger partial charge in [0.1, 0.15) is 6.10 Å². The Hall–Kier alpha value is -0.900. The first-order valence-corrected chi connectivity index (χ1v) is 7.60. The van der Waals surface area contributed by atoms with Gasteiger partial charge in [-0.2, -0.15) is 0 Å². The Morgan fingerprint density at radius 3 is 2.35 bits per heavy atom. The molecule has 0 saturated carbocycles. The van der Waals surface area contributed by atoms with Crippen molar-refractivity contribution in [3.05, 3.63) is 35.4 Å². The van der Waals surface area contributed by atoms with Crippen LogP contribution in [0.4, 0.5) is 0 Å². The van der Waals surface area contributed by atoms with Crippen LogP contribution in [-0.4, -0.2) is 31.5 Å². The Labute approximate surface area is 121 Å². The van der Waals surface area contributed by atoms with E-state index in [1.54, 1.807) is 0 Å². The van der Waals surface area contributed by atoms with Crippen molar-refractivity contribution in [1.82, 2.24) is 0 Å². The molecular formula is C17H26O3. The van der Waals surface area contributed by atoms with Gasteiger partial charge in [0, 0.05) is 19.8 Å². The molecule has 1 aromatic carbocycles. The van der Waals surface area contributed by atoms with Crippen molar-refractivity contribution in [2.24, 2.45) is 5.92 Å². The maximum Gasteiger partial charge on any atom is 0.102 e. The summed E-state index contributed by atoms with van der Waals surface area (Å²) in [6.07, 6.45) is 1.61. The normalized spacial score (nSPS) is 18.4. The number of rotatable bonds is 6. The lowest BCUT2D eigenvalue weighted by Crippen LogP contribution is -2.21. The van der Waals surface area contributed by atoms with E-state index < -0.39 is 6.10 Å². The first-order valence-electron chi connectivity index (χ1n) is 7.60. The molecule has 3 nitrogen and oxygen atoms in total. The number of aliphatic hydroxyl groups is 1. The van der Waals surface area contributed by atoms with Crippen molar-refractivity contribution in [2.45, 2.75) is 38.7 Å². The Bertz CT molecular complexity index is 380. The zero-order chi connectivity index (χ0) is 14.4. The highest BCUT2D eigenvalue weighted by Crippen LogP contribution is 2.20. The van der Waals surface area contributed by atoms with Gasteiger partial charge < -0.3 is 14.6 Å². The fourth-order valence-electron chi connectivity index (χ4n) is 2.46. The van der Waals surface area contributed by atoms with Gasteiger partial charge in [-0.05, 0) is 35.8 Å². The van der Waals surface area contributed by atoms with Crippen molar-refractivity contribution in [2.75, 3.05) is 26.4 Å². The fourth-order valence-corrected chi connectivity index (χ4v) is 2.46. The third-order valence-corrected chi connectivity index (χ3v) is 3.96. The van der Waals surface area contributed by atoms with E-state index in [9.17, 15) is 5.11 Å². The van der Waals surface area contributed by atoms with Crippen LogP contribution < -0.4 is 0 Å². The molecule has 0 aliphatic carbocycles. The fraction of sp³-hybridized carbons (Fsp3) is 0.647. The molecule has 0 amide bonds. The molecule has 112 valence electrons. The summed E-state index contributed by atoms with van der Waals surface area (Å²) >= 11 is 0. The number of benzene rings is 1. The number of aliphatic hydroxyl groups excluding tert-OH is 1. The highest BCUT2D eigenvalue weighted by atomic mass is 16.5. The van der Waals surface area contributed by atoms with E-state index >= 15 is 0 Å². The van der Waals surface area contributed by atoms with Gasteiger partial charge in [-0.25, -0.2) is 0 Å². The van der Waals surface area contributed by atoms with Gasteiger partial charge >= 0.3 is 0 Å². The van der Waals surface area contributed by atoms with Gasteiger partial charge in [-0.3, -0.25) is 0 Å². The van der Waals surface area contributed by atoms with E-state index in [-0.39, 0.29) is 0 Å². The maximum absolute atomic E-state index is 10.1. The number of ether oxygens (including phenoxy) is 2. The van der Waals surface area contributed by atoms with Crippen LogP contribution in [0.5, 0.6) is 0 Å². The van der Waals surface area contributed by atoms with Crippen molar-refractivity contribution in [3.8, 4) is 0 Å². The van der Waals surface area contributed by atoms with Crippen LogP contribution in [-0.2, 0) is 9.47 Å². The lowest BCUT2D eigenvalue weighted by molar-refractivity contribution is -0.00966. The van der Waals surface area contributed by atoms with Crippen molar-refractivity contribution in [3.63, 3.8) is 0 Å². The topological polar surface area (TPSA) is 38.7 Å². The summed E-state index contributed by atoms with van der Waals surface area (Å²) < 4.78 is 11.0.